The van der Waals surface area contributed by atoms with Gasteiger partial charge in [0.1, 0.15) is 18.5 Å². The summed E-state index contributed by atoms with van der Waals surface area (Å²) in [6.07, 6.45) is -0.832. The van der Waals surface area contributed by atoms with Gasteiger partial charge in [0.15, 0.2) is 12.2 Å². The number of ether oxygens (including phenoxy) is 6. The van der Waals surface area contributed by atoms with E-state index in [0.29, 0.717) is 5.75 Å². The lowest BCUT2D eigenvalue weighted by Crippen LogP contribution is -2.63. The fourth-order valence-electron chi connectivity index (χ4n) is 3.80. The third-order valence-electron chi connectivity index (χ3n) is 5.18. The zero-order chi connectivity index (χ0) is 26.4. The minimum atomic E-state index is -1.32. The van der Waals surface area contributed by atoms with E-state index in [1.807, 2.05) is 12.1 Å². The van der Waals surface area contributed by atoms with Crippen LogP contribution in [0.5, 0.6) is 5.75 Å². The van der Waals surface area contributed by atoms with Crippen molar-refractivity contribution < 1.29 is 47.6 Å². The monoisotopic (exact) mass is 498 g/mol. The van der Waals surface area contributed by atoms with E-state index in [9.17, 15) is 19.2 Å². The van der Waals surface area contributed by atoms with Crippen molar-refractivity contribution in [3.05, 3.63) is 42.0 Å². The molecule has 2 aromatic rings. The summed E-state index contributed by atoms with van der Waals surface area (Å²) < 4.78 is 33.2. The molecule has 10 heteroatoms. The van der Waals surface area contributed by atoms with E-state index >= 15 is 0 Å². The molecule has 1 aliphatic heterocycles. The smallest absolute Gasteiger partial charge is 0.303 e. The summed E-state index contributed by atoms with van der Waals surface area (Å²) in [6, 6.07) is 10.6. The maximum atomic E-state index is 11.9. The Labute approximate surface area is 207 Å². The van der Waals surface area contributed by atoms with Gasteiger partial charge in [0.2, 0.25) is 12.4 Å². The first-order valence-electron chi connectivity index (χ1n) is 11.0. The molecule has 0 bridgehead atoms. The van der Waals surface area contributed by atoms with E-state index < -0.39 is 54.6 Å². The van der Waals surface area contributed by atoms with Crippen LogP contribution in [0.1, 0.15) is 33.3 Å². The molecule has 190 valence electrons. The van der Waals surface area contributed by atoms with Crippen LogP contribution in [-0.2, 0) is 42.9 Å². The van der Waals surface area contributed by atoms with Crippen molar-refractivity contribution in [2.24, 2.45) is 0 Å². The predicted octanol–water partition coefficient (Wildman–Crippen LogP) is 2.28. The van der Waals surface area contributed by atoms with Crippen molar-refractivity contribution >= 4 is 34.6 Å². The van der Waals surface area contributed by atoms with Crippen molar-refractivity contribution in [3.8, 4) is 18.1 Å². The van der Waals surface area contributed by atoms with Crippen molar-refractivity contribution in [2.45, 2.75) is 58.4 Å². The van der Waals surface area contributed by atoms with Gasteiger partial charge in [-0.3, -0.25) is 19.2 Å². The van der Waals surface area contributed by atoms with Gasteiger partial charge in [-0.2, -0.15) is 0 Å². The third-order valence-corrected chi connectivity index (χ3v) is 5.18. The Morgan fingerprint density at radius 3 is 2.00 bits per heavy atom. The second-order valence-electron chi connectivity index (χ2n) is 8.05. The molecule has 5 atom stereocenters. The molecule has 0 unspecified atom stereocenters. The number of rotatable bonds is 7. The first-order valence-corrected chi connectivity index (χ1v) is 11.0. The van der Waals surface area contributed by atoms with Crippen molar-refractivity contribution in [1.29, 1.82) is 0 Å². The molecule has 0 N–H and O–H groups in total. The summed E-state index contributed by atoms with van der Waals surface area (Å²) >= 11 is 0. The second kappa shape index (κ2) is 11.6. The third kappa shape index (κ3) is 6.73. The van der Waals surface area contributed by atoms with Gasteiger partial charge in [0, 0.05) is 33.3 Å². The highest BCUT2D eigenvalue weighted by molar-refractivity contribution is 5.85. The van der Waals surface area contributed by atoms with Crippen LogP contribution in [0.4, 0.5) is 0 Å². The van der Waals surface area contributed by atoms with Gasteiger partial charge in [-0.25, -0.2) is 0 Å². The summed E-state index contributed by atoms with van der Waals surface area (Å²) in [5.41, 5.74) is 0.718. The van der Waals surface area contributed by atoms with Crippen molar-refractivity contribution in [2.75, 3.05) is 6.61 Å². The largest absolute Gasteiger partial charge is 0.463 e. The molecule has 3 rings (SSSR count). The molecule has 0 aromatic heterocycles. The molecule has 1 saturated heterocycles. The highest BCUT2D eigenvalue weighted by Gasteiger charge is 2.53. The molecule has 0 spiro atoms. The van der Waals surface area contributed by atoms with Crippen LogP contribution in [-0.4, -0.2) is 61.2 Å². The molecule has 1 heterocycles. The summed E-state index contributed by atoms with van der Waals surface area (Å²) in [5.74, 6) is 0.159. The topological polar surface area (TPSA) is 124 Å². The van der Waals surface area contributed by atoms with Crippen molar-refractivity contribution in [3.63, 3.8) is 0 Å². The molecule has 2 aromatic carbocycles. The zero-order valence-corrected chi connectivity index (χ0v) is 20.2. The Morgan fingerprint density at radius 1 is 0.806 bits per heavy atom. The van der Waals surface area contributed by atoms with Gasteiger partial charge in [-0.1, -0.05) is 18.1 Å². The highest BCUT2D eigenvalue weighted by Crippen LogP contribution is 2.32. The lowest BCUT2D eigenvalue weighted by Gasteiger charge is -2.43. The minimum Gasteiger partial charge on any atom is -0.463 e. The normalized spacial score (nSPS) is 23.1. The molecule has 36 heavy (non-hydrogen) atoms. The number of fused-ring (bicyclic) bond motifs is 1. The standard InChI is InChI=1S/C26H26O10/c1-6-18-7-8-20-12-21(10-9-19(20)11-18)35-26-25(34-17(5)30)24(33-16(4)29)23(32-15(3)28)22(36-26)13-31-14(2)27/h1,7-12,22-26H,13H2,2-5H3/t22-,23-,24+,25+,26+/m1/s1. The van der Waals surface area contributed by atoms with Gasteiger partial charge in [-0.15, -0.1) is 6.42 Å². The Kier molecular flexibility index (Phi) is 8.51. The lowest BCUT2D eigenvalue weighted by molar-refractivity contribution is -0.288. The molecular weight excluding hydrogens is 472 g/mol. The Morgan fingerprint density at radius 2 is 1.39 bits per heavy atom. The Hall–Kier alpha value is -4.10. The van der Waals surface area contributed by atoms with E-state index in [1.54, 1.807) is 24.3 Å². The average molecular weight is 498 g/mol. The van der Waals surface area contributed by atoms with E-state index in [4.69, 9.17) is 34.8 Å². The molecular formula is C26H26O10. The first-order chi connectivity index (χ1) is 17.1. The van der Waals surface area contributed by atoms with Gasteiger partial charge >= 0.3 is 23.9 Å². The number of esters is 4. The Balaban J connectivity index is 1.99. The highest BCUT2D eigenvalue weighted by atomic mass is 16.7. The van der Waals surface area contributed by atoms with Gasteiger partial charge in [0.25, 0.3) is 0 Å². The number of hydrogen-bond acceptors (Lipinski definition) is 10. The minimum absolute atomic E-state index is 0.343. The fraction of sp³-hybridized carbons (Fsp3) is 0.385. The average Bonchev–Trinajstić information content (AvgIpc) is 2.80. The second-order valence-corrected chi connectivity index (χ2v) is 8.05. The van der Waals surface area contributed by atoms with Gasteiger partial charge < -0.3 is 28.4 Å². The SMILES string of the molecule is C#Cc1ccc2cc(O[C@H]3O[C@H](COC(C)=O)[C@@H](OC(C)=O)[C@H](OC(C)=O)[C@@H]3OC(C)=O)ccc2c1. The van der Waals surface area contributed by atoms with Gasteiger partial charge in [0.05, 0.1) is 0 Å². The number of carbonyl (C=O) groups excluding carboxylic acids is 4. The quantitative estimate of drug-likeness (QED) is 0.319. The van der Waals surface area contributed by atoms with E-state index in [0.717, 1.165) is 37.1 Å². The molecule has 10 nitrogen and oxygen atoms in total. The lowest BCUT2D eigenvalue weighted by atomic mass is 9.98. The predicted molar refractivity (Wildman–Crippen MR) is 124 cm³/mol. The molecule has 1 aliphatic rings. The van der Waals surface area contributed by atoms with Crippen LogP contribution < -0.4 is 4.74 Å². The number of hydrogen-bond donors (Lipinski definition) is 0. The van der Waals surface area contributed by atoms with Crippen LogP contribution in [0.3, 0.4) is 0 Å². The molecule has 0 saturated carbocycles. The molecule has 0 aliphatic carbocycles. The van der Waals surface area contributed by atoms with Gasteiger partial charge in [-0.05, 0) is 35.0 Å². The van der Waals surface area contributed by atoms with Crippen LogP contribution >= 0.6 is 0 Å². The van der Waals surface area contributed by atoms with E-state index in [2.05, 4.69) is 5.92 Å². The van der Waals surface area contributed by atoms with Crippen molar-refractivity contribution in [1.82, 2.24) is 0 Å². The first kappa shape index (κ1) is 26.5. The summed E-state index contributed by atoms with van der Waals surface area (Å²) in [6.45, 7) is 4.31. The molecule has 0 amide bonds. The fourth-order valence-corrected chi connectivity index (χ4v) is 3.80. The zero-order valence-electron chi connectivity index (χ0n) is 20.2. The summed E-state index contributed by atoms with van der Waals surface area (Å²) in [7, 11) is 0. The number of benzene rings is 2. The summed E-state index contributed by atoms with van der Waals surface area (Å²) in [5, 5.41) is 1.69. The number of carbonyl (C=O) groups is 4. The van der Waals surface area contributed by atoms with Crippen LogP contribution in [0.25, 0.3) is 10.8 Å². The summed E-state index contributed by atoms with van der Waals surface area (Å²) in [4.78, 5) is 47.1. The number of terminal acetylenes is 1. The van der Waals surface area contributed by atoms with Crippen LogP contribution in [0.15, 0.2) is 36.4 Å². The van der Waals surface area contributed by atoms with Crippen LogP contribution in [0.2, 0.25) is 0 Å². The molecule has 1 fully saturated rings. The molecule has 0 radical (unpaired) electrons. The van der Waals surface area contributed by atoms with E-state index in [-0.39, 0.29) is 6.61 Å². The van der Waals surface area contributed by atoms with E-state index in [1.165, 1.54) is 6.92 Å². The maximum Gasteiger partial charge on any atom is 0.303 e. The maximum absolute atomic E-state index is 11.9. The van der Waals surface area contributed by atoms with Crippen LogP contribution in [0, 0.1) is 12.3 Å². The Bertz CT molecular complexity index is 1200.